The Bertz CT molecular complexity index is 754. The van der Waals surface area contributed by atoms with E-state index >= 15 is 0 Å². The number of ether oxygens (including phenoxy) is 1. The number of nitrogens with one attached hydrogen (secondary N) is 2. The van der Waals surface area contributed by atoms with E-state index in [1.165, 1.54) is 12.1 Å². The minimum absolute atomic E-state index is 0.203. The summed E-state index contributed by atoms with van der Waals surface area (Å²) in [4.78, 5) is 15.6. The molecular formula is C13H14F3N5O2S. The number of hydrogen-bond acceptors (Lipinski definition) is 5. The summed E-state index contributed by atoms with van der Waals surface area (Å²) in [7, 11) is 1.76. The van der Waals surface area contributed by atoms with Crippen LogP contribution in [0.3, 0.4) is 0 Å². The maximum Gasteiger partial charge on any atom is 0.422 e. The largest absolute Gasteiger partial charge is 0.468 e. The molecule has 0 fully saturated rings. The lowest BCUT2D eigenvalue weighted by atomic mass is 10.2. The maximum absolute atomic E-state index is 12.0. The highest BCUT2D eigenvalue weighted by Gasteiger charge is 2.28. The smallest absolute Gasteiger partial charge is 0.422 e. The van der Waals surface area contributed by atoms with Gasteiger partial charge in [-0.25, -0.2) is 4.98 Å². The van der Waals surface area contributed by atoms with Gasteiger partial charge in [-0.3, -0.25) is 9.89 Å². The summed E-state index contributed by atoms with van der Waals surface area (Å²) in [6, 6.07) is 2.54. The molecule has 2 rings (SSSR count). The number of pyridine rings is 1. The van der Waals surface area contributed by atoms with Crippen LogP contribution < -0.4 is 10.1 Å². The van der Waals surface area contributed by atoms with Gasteiger partial charge in [0.25, 0.3) is 5.91 Å². The summed E-state index contributed by atoms with van der Waals surface area (Å²) < 4.78 is 42.7. The van der Waals surface area contributed by atoms with E-state index in [0.29, 0.717) is 23.6 Å². The van der Waals surface area contributed by atoms with E-state index in [1.54, 1.807) is 11.6 Å². The Balaban J connectivity index is 1.84. The van der Waals surface area contributed by atoms with Gasteiger partial charge < -0.3 is 14.6 Å². The lowest BCUT2D eigenvalue weighted by Crippen LogP contribution is -2.26. The molecule has 0 aliphatic heterocycles. The molecule has 1 amide bonds. The zero-order valence-corrected chi connectivity index (χ0v) is 13.4. The maximum atomic E-state index is 12.0. The first-order valence-corrected chi connectivity index (χ1v) is 7.21. The topological polar surface area (TPSA) is 84.8 Å². The second kappa shape index (κ2) is 7.43. The molecule has 11 heteroatoms. The third-order valence-corrected chi connectivity index (χ3v) is 3.35. The Morgan fingerprint density at radius 1 is 1.46 bits per heavy atom. The molecule has 0 saturated carbocycles. The lowest BCUT2D eigenvalue weighted by molar-refractivity contribution is -0.154. The van der Waals surface area contributed by atoms with Crippen molar-refractivity contribution in [2.75, 3.05) is 13.2 Å². The van der Waals surface area contributed by atoms with Crippen molar-refractivity contribution in [3.63, 3.8) is 0 Å². The zero-order valence-electron chi connectivity index (χ0n) is 12.6. The molecule has 0 atom stereocenters. The zero-order chi connectivity index (χ0) is 17.7. The van der Waals surface area contributed by atoms with Gasteiger partial charge in [0.1, 0.15) is 5.82 Å². The molecule has 2 aromatic heterocycles. The molecule has 7 nitrogen and oxygen atoms in total. The molecule has 0 saturated heterocycles. The Labute approximate surface area is 139 Å². The number of carbonyl (C=O) groups is 1. The predicted molar refractivity (Wildman–Crippen MR) is 80.2 cm³/mol. The molecule has 24 heavy (non-hydrogen) atoms. The minimum atomic E-state index is -4.44. The number of nitrogens with zero attached hydrogens (tertiary/aromatic N) is 3. The van der Waals surface area contributed by atoms with Crippen molar-refractivity contribution in [2.24, 2.45) is 7.05 Å². The van der Waals surface area contributed by atoms with Crippen LogP contribution in [0.15, 0.2) is 18.3 Å². The van der Waals surface area contributed by atoms with Crippen molar-refractivity contribution in [2.45, 2.75) is 12.6 Å². The highest BCUT2D eigenvalue weighted by atomic mass is 32.1. The Hall–Kier alpha value is -2.43. The molecule has 0 spiro atoms. The first-order chi connectivity index (χ1) is 11.3. The molecular weight excluding hydrogens is 347 g/mol. The lowest BCUT2D eigenvalue weighted by Gasteiger charge is -2.09. The number of alkyl halides is 3. The van der Waals surface area contributed by atoms with Crippen LogP contribution in [0, 0.1) is 4.77 Å². The number of halogens is 3. The fourth-order valence-corrected chi connectivity index (χ4v) is 1.90. The minimum Gasteiger partial charge on any atom is -0.468 e. The Morgan fingerprint density at radius 2 is 2.21 bits per heavy atom. The second-order valence-corrected chi connectivity index (χ2v) is 5.19. The van der Waals surface area contributed by atoms with Gasteiger partial charge in [0.15, 0.2) is 11.4 Å². The van der Waals surface area contributed by atoms with Crippen LogP contribution in [-0.4, -0.2) is 45.0 Å². The highest BCUT2D eigenvalue weighted by Crippen LogP contribution is 2.17. The highest BCUT2D eigenvalue weighted by molar-refractivity contribution is 7.71. The SMILES string of the molecule is Cn1c(CCNC(=O)c2ccc(OCC(F)(F)F)nc2)n[nH]c1=S. The number of aromatic nitrogens is 4. The van der Waals surface area contributed by atoms with Crippen molar-refractivity contribution in [3.05, 3.63) is 34.5 Å². The molecule has 2 N–H and O–H groups in total. The normalized spacial score (nSPS) is 11.3. The second-order valence-electron chi connectivity index (χ2n) is 4.80. The number of amides is 1. The van der Waals surface area contributed by atoms with Gasteiger partial charge in [-0.1, -0.05) is 0 Å². The van der Waals surface area contributed by atoms with E-state index in [-0.39, 0.29) is 11.4 Å². The van der Waals surface area contributed by atoms with Crippen LogP contribution in [0.5, 0.6) is 5.88 Å². The monoisotopic (exact) mass is 361 g/mol. The summed E-state index contributed by atoms with van der Waals surface area (Å²) in [6.07, 6.45) is -2.82. The van der Waals surface area contributed by atoms with Crippen molar-refractivity contribution in [1.29, 1.82) is 0 Å². The van der Waals surface area contributed by atoms with Crippen LogP contribution in [0.25, 0.3) is 0 Å². The summed E-state index contributed by atoms with van der Waals surface area (Å²) in [5, 5.41) is 9.30. The van der Waals surface area contributed by atoms with Crippen LogP contribution >= 0.6 is 12.2 Å². The Morgan fingerprint density at radius 3 is 2.75 bits per heavy atom. The van der Waals surface area contributed by atoms with Crippen LogP contribution in [0.2, 0.25) is 0 Å². The molecule has 0 unspecified atom stereocenters. The average molecular weight is 361 g/mol. The van der Waals surface area contributed by atoms with E-state index in [0.717, 1.165) is 6.20 Å². The van der Waals surface area contributed by atoms with Gasteiger partial charge in [0.2, 0.25) is 5.88 Å². The molecule has 2 aromatic rings. The van der Waals surface area contributed by atoms with E-state index in [9.17, 15) is 18.0 Å². The van der Waals surface area contributed by atoms with Gasteiger partial charge in [0, 0.05) is 32.3 Å². The van der Waals surface area contributed by atoms with Gasteiger partial charge in [-0.2, -0.15) is 18.3 Å². The van der Waals surface area contributed by atoms with Gasteiger partial charge in [-0.15, -0.1) is 0 Å². The summed E-state index contributed by atoms with van der Waals surface area (Å²) in [5.41, 5.74) is 0.213. The van der Waals surface area contributed by atoms with E-state index in [2.05, 4.69) is 25.2 Å². The van der Waals surface area contributed by atoms with Gasteiger partial charge in [-0.05, 0) is 18.3 Å². The Kier molecular flexibility index (Phi) is 5.54. The first kappa shape index (κ1) is 17.9. The molecule has 0 radical (unpaired) electrons. The average Bonchev–Trinajstić information content (AvgIpc) is 2.85. The van der Waals surface area contributed by atoms with E-state index in [1.807, 2.05) is 0 Å². The number of aromatic amines is 1. The molecule has 0 bridgehead atoms. The van der Waals surface area contributed by atoms with E-state index < -0.39 is 18.7 Å². The van der Waals surface area contributed by atoms with Gasteiger partial charge >= 0.3 is 6.18 Å². The fraction of sp³-hybridized carbons (Fsp3) is 0.385. The van der Waals surface area contributed by atoms with Gasteiger partial charge in [0.05, 0.1) is 5.56 Å². The molecule has 2 heterocycles. The van der Waals surface area contributed by atoms with E-state index in [4.69, 9.17) is 12.2 Å². The molecule has 0 aliphatic rings. The molecule has 130 valence electrons. The van der Waals surface area contributed by atoms with Crippen LogP contribution in [0.1, 0.15) is 16.2 Å². The fourth-order valence-electron chi connectivity index (χ4n) is 1.75. The van der Waals surface area contributed by atoms with Crippen molar-refractivity contribution >= 4 is 18.1 Å². The summed E-state index contributed by atoms with van der Waals surface area (Å²) in [5.74, 6) is 0.0846. The number of carbonyl (C=O) groups excluding carboxylic acids is 1. The summed E-state index contributed by atoms with van der Waals surface area (Å²) in [6.45, 7) is -1.12. The standard InChI is InChI=1S/C13H14F3N5O2S/c1-21-9(19-20-12(21)24)4-5-17-11(22)8-2-3-10(18-6-8)23-7-13(14,15)16/h2-3,6H,4-5,7H2,1H3,(H,17,22)(H,20,24). The molecule has 0 aliphatic carbocycles. The quantitative estimate of drug-likeness (QED) is 0.767. The van der Waals surface area contributed by atoms with Crippen LogP contribution in [-0.2, 0) is 13.5 Å². The van der Waals surface area contributed by atoms with Crippen LogP contribution in [0.4, 0.5) is 13.2 Å². The first-order valence-electron chi connectivity index (χ1n) is 6.80. The number of hydrogen-bond donors (Lipinski definition) is 2. The van der Waals surface area contributed by atoms with Crippen molar-refractivity contribution < 1.29 is 22.7 Å². The van der Waals surface area contributed by atoms with Crippen molar-refractivity contribution in [3.8, 4) is 5.88 Å². The molecule has 0 aromatic carbocycles. The van der Waals surface area contributed by atoms with Crippen molar-refractivity contribution in [1.82, 2.24) is 25.1 Å². The third-order valence-electron chi connectivity index (χ3n) is 2.99. The predicted octanol–water partition coefficient (Wildman–Crippen LogP) is 1.79. The summed E-state index contributed by atoms with van der Waals surface area (Å²) >= 11 is 4.98. The number of rotatable bonds is 6. The number of H-pyrrole nitrogens is 1. The third kappa shape index (κ3) is 5.05.